The topological polar surface area (TPSA) is 72.0 Å². The van der Waals surface area contributed by atoms with Crippen molar-refractivity contribution >= 4 is 44.9 Å². The Morgan fingerprint density at radius 3 is 3.11 bits per heavy atom. The molecule has 1 N–H and O–H groups in total. The first-order valence-corrected chi connectivity index (χ1v) is 10.7. The van der Waals surface area contributed by atoms with Crippen molar-refractivity contribution in [3.8, 4) is 0 Å². The third-order valence-corrected chi connectivity index (χ3v) is 6.77. The first-order chi connectivity index (χ1) is 13.0. The van der Waals surface area contributed by atoms with Gasteiger partial charge in [-0.05, 0) is 55.2 Å². The fourth-order valence-electron chi connectivity index (χ4n) is 3.36. The number of thiophene rings is 2. The fraction of sp³-hybridized carbons (Fsp3) is 0.350. The van der Waals surface area contributed by atoms with Crippen LogP contribution in [0.15, 0.2) is 28.4 Å². The van der Waals surface area contributed by atoms with Gasteiger partial charge in [-0.1, -0.05) is 13.0 Å². The zero-order chi connectivity index (χ0) is 19.0. The number of carbonyl (C=O) groups is 1. The lowest BCUT2D eigenvalue weighted by molar-refractivity contribution is -0.142. The van der Waals surface area contributed by atoms with Crippen LogP contribution in [0.5, 0.6) is 0 Å². The van der Waals surface area contributed by atoms with E-state index in [9.17, 15) is 9.59 Å². The molecule has 0 unspecified atom stereocenters. The summed E-state index contributed by atoms with van der Waals surface area (Å²) in [6.45, 7) is 3.96. The Morgan fingerprint density at radius 2 is 2.33 bits per heavy atom. The summed E-state index contributed by atoms with van der Waals surface area (Å²) < 4.78 is 5.41. The number of hydrogen-bond acceptors (Lipinski definition) is 6. The van der Waals surface area contributed by atoms with E-state index in [0.717, 1.165) is 34.5 Å². The molecule has 0 saturated heterocycles. The Labute approximate surface area is 164 Å². The molecule has 7 heteroatoms. The normalized spacial score (nSPS) is 17.9. The monoisotopic (exact) mass is 400 g/mol. The third kappa shape index (κ3) is 3.75. The van der Waals surface area contributed by atoms with Crippen LogP contribution in [-0.4, -0.2) is 15.9 Å². The van der Waals surface area contributed by atoms with Crippen molar-refractivity contribution in [2.75, 3.05) is 0 Å². The minimum absolute atomic E-state index is 0.140. The van der Waals surface area contributed by atoms with Gasteiger partial charge < -0.3 is 9.72 Å². The summed E-state index contributed by atoms with van der Waals surface area (Å²) in [4.78, 5) is 35.1. The number of nitrogens with one attached hydrogen (secondary N) is 1. The molecule has 0 amide bonds. The Kier molecular flexibility index (Phi) is 4.97. The Balaban J connectivity index is 1.56. The van der Waals surface area contributed by atoms with Crippen LogP contribution in [0.3, 0.4) is 0 Å². The van der Waals surface area contributed by atoms with Gasteiger partial charge in [0, 0.05) is 15.8 Å². The molecule has 3 heterocycles. The molecule has 0 spiro atoms. The number of carbonyl (C=O) groups excluding carboxylic acids is 1. The average molecular weight is 401 g/mol. The Hall–Kier alpha value is -2.25. The molecular weight excluding hydrogens is 380 g/mol. The lowest BCUT2D eigenvalue weighted by atomic mass is 9.89. The summed E-state index contributed by atoms with van der Waals surface area (Å²) in [5.41, 5.74) is 1.01. The van der Waals surface area contributed by atoms with Crippen LogP contribution in [0.25, 0.3) is 16.3 Å². The molecule has 3 aromatic heterocycles. The van der Waals surface area contributed by atoms with E-state index in [2.05, 4.69) is 16.9 Å². The van der Waals surface area contributed by atoms with Crippen LogP contribution >= 0.6 is 22.7 Å². The highest BCUT2D eigenvalue weighted by Gasteiger charge is 2.24. The second-order valence-electron chi connectivity index (χ2n) is 6.91. The fourth-order valence-corrected chi connectivity index (χ4v) is 5.37. The number of hydrogen-bond donors (Lipinski definition) is 1. The van der Waals surface area contributed by atoms with Crippen molar-refractivity contribution in [2.24, 2.45) is 5.92 Å². The average Bonchev–Trinajstić information content (AvgIpc) is 3.26. The van der Waals surface area contributed by atoms with Gasteiger partial charge in [0.2, 0.25) is 0 Å². The smallest absolute Gasteiger partial charge is 0.331 e. The van der Waals surface area contributed by atoms with Crippen LogP contribution in [-0.2, 0) is 22.4 Å². The summed E-state index contributed by atoms with van der Waals surface area (Å²) in [5.74, 6) is 0.564. The molecule has 1 aliphatic rings. The van der Waals surface area contributed by atoms with Crippen molar-refractivity contribution < 1.29 is 9.53 Å². The van der Waals surface area contributed by atoms with Crippen LogP contribution in [0.1, 0.15) is 47.5 Å². The van der Waals surface area contributed by atoms with E-state index < -0.39 is 12.1 Å². The SMILES string of the molecule is C[C@H]1CCc2c(sc3nc([C@H](C)OC(=O)/C=C/c4cccs4)[nH]c(=O)c23)C1. The molecule has 3 aromatic rings. The summed E-state index contributed by atoms with van der Waals surface area (Å²) in [5, 5.41) is 2.65. The lowest BCUT2D eigenvalue weighted by Crippen LogP contribution is -2.17. The van der Waals surface area contributed by atoms with Crippen molar-refractivity contribution in [1.29, 1.82) is 0 Å². The third-order valence-electron chi connectivity index (χ3n) is 4.79. The molecule has 2 atom stereocenters. The van der Waals surface area contributed by atoms with Crippen LogP contribution in [0, 0.1) is 5.92 Å². The van der Waals surface area contributed by atoms with Gasteiger partial charge >= 0.3 is 5.97 Å². The van der Waals surface area contributed by atoms with Crippen molar-refractivity contribution in [3.63, 3.8) is 0 Å². The molecule has 0 radical (unpaired) electrons. The second kappa shape index (κ2) is 7.40. The molecule has 0 aliphatic heterocycles. The first kappa shape index (κ1) is 18.1. The highest BCUT2D eigenvalue weighted by atomic mass is 32.1. The minimum atomic E-state index is -0.624. The number of aromatic amines is 1. The van der Waals surface area contributed by atoms with Crippen molar-refractivity contribution in [2.45, 2.75) is 39.2 Å². The molecule has 0 bridgehead atoms. The van der Waals surface area contributed by atoms with Gasteiger partial charge in [0.15, 0.2) is 11.9 Å². The number of rotatable bonds is 4. The van der Waals surface area contributed by atoms with Crippen LogP contribution in [0.4, 0.5) is 0 Å². The summed E-state index contributed by atoms with van der Waals surface area (Å²) in [6.07, 6.45) is 5.52. The number of fused-ring (bicyclic) bond motifs is 3. The maximum atomic E-state index is 12.6. The highest BCUT2D eigenvalue weighted by Crippen LogP contribution is 2.35. The van der Waals surface area contributed by atoms with E-state index in [1.54, 1.807) is 35.7 Å². The quantitative estimate of drug-likeness (QED) is 0.517. The minimum Gasteiger partial charge on any atom is -0.451 e. The van der Waals surface area contributed by atoms with Gasteiger partial charge in [-0.25, -0.2) is 9.78 Å². The number of H-pyrrole nitrogens is 1. The molecule has 0 saturated carbocycles. The Bertz CT molecular complexity index is 1060. The predicted octanol–water partition coefficient (Wildman–Crippen LogP) is 4.49. The van der Waals surface area contributed by atoms with Gasteiger partial charge in [-0.2, -0.15) is 0 Å². The van der Waals surface area contributed by atoms with Crippen molar-refractivity contribution in [3.05, 3.63) is 55.1 Å². The van der Waals surface area contributed by atoms with E-state index in [0.29, 0.717) is 17.1 Å². The maximum Gasteiger partial charge on any atom is 0.331 e. The summed E-state index contributed by atoms with van der Waals surface area (Å²) >= 11 is 3.14. The number of aryl methyl sites for hydroxylation is 1. The second-order valence-corrected chi connectivity index (χ2v) is 8.97. The molecular formula is C20H20N2O3S2. The zero-order valence-electron chi connectivity index (χ0n) is 15.2. The molecule has 0 fully saturated rings. The van der Waals surface area contributed by atoms with E-state index in [4.69, 9.17) is 4.74 Å². The van der Waals surface area contributed by atoms with Gasteiger partial charge in [-0.15, -0.1) is 22.7 Å². The number of aromatic nitrogens is 2. The summed E-state index contributed by atoms with van der Waals surface area (Å²) in [7, 11) is 0. The highest BCUT2D eigenvalue weighted by molar-refractivity contribution is 7.18. The van der Waals surface area contributed by atoms with Crippen LogP contribution < -0.4 is 5.56 Å². The van der Waals surface area contributed by atoms with Gasteiger partial charge in [0.25, 0.3) is 5.56 Å². The maximum absolute atomic E-state index is 12.6. The largest absolute Gasteiger partial charge is 0.451 e. The van der Waals surface area contributed by atoms with Gasteiger partial charge in [0.05, 0.1) is 5.39 Å². The van der Waals surface area contributed by atoms with E-state index in [1.807, 2.05) is 17.5 Å². The van der Waals surface area contributed by atoms with E-state index in [-0.39, 0.29) is 5.56 Å². The van der Waals surface area contributed by atoms with Crippen molar-refractivity contribution in [1.82, 2.24) is 9.97 Å². The molecule has 5 nitrogen and oxygen atoms in total. The molecule has 1 aliphatic carbocycles. The first-order valence-electron chi connectivity index (χ1n) is 8.98. The van der Waals surface area contributed by atoms with Crippen LogP contribution in [0.2, 0.25) is 0 Å². The van der Waals surface area contributed by atoms with Gasteiger partial charge in [0.1, 0.15) is 4.83 Å². The van der Waals surface area contributed by atoms with Gasteiger partial charge in [-0.3, -0.25) is 4.79 Å². The molecule has 4 rings (SSSR count). The lowest BCUT2D eigenvalue weighted by Gasteiger charge is -2.17. The number of nitrogens with zero attached hydrogens (tertiary/aromatic N) is 1. The molecule has 140 valence electrons. The molecule has 27 heavy (non-hydrogen) atoms. The van der Waals surface area contributed by atoms with E-state index >= 15 is 0 Å². The summed E-state index contributed by atoms with van der Waals surface area (Å²) in [6, 6.07) is 3.84. The standard InChI is InChI=1S/C20H20N2O3S2/c1-11-5-7-14-15(10-11)27-20-17(14)19(24)21-18(22-20)12(2)25-16(23)8-6-13-4-3-9-26-13/h3-4,6,8-9,11-12H,5,7,10H2,1-2H3,(H,21,22,24)/b8-6+/t11-,12-/m0/s1. The van der Waals surface area contributed by atoms with E-state index in [1.165, 1.54) is 11.0 Å². The zero-order valence-corrected chi connectivity index (χ0v) is 16.8. The predicted molar refractivity (Wildman–Crippen MR) is 109 cm³/mol. The number of ether oxygens (including phenoxy) is 1. The Morgan fingerprint density at radius 1 is 1.48 bits per heavy atom. The molecule has 0 aromatic carbocycles. The number of esters is 1.